The van der Waals surface area contributed by atoms with Crippen LogP contribution in [0.5, 0.6) is 0 Å². The lowest BCUT2D eigenvalue weighted by Gasteiger charge is -2.09. The molecule has 0 unspecified atom stereocenters. The molecule has 1 amide bonds. The van der Waals surface area contributed by atoms with Crippen molar-refractivity contribution in [3.8, 4) is 0 Å². The van der Waals surface area contributed by atoms with Crippen LogP contribution in [-0.4, -0.2) is 35.5 Å². The van der Waals surface area contributed by atoms with Gasteiger partial charge in [-0.05, 0) is 13.8 Å². The van der Waals surface area contributed by atoms with E-state index < -0.39 is 0 Å². The Bertz CT molecular complexity index is 353. The summed E-state index contributed by atoms with van der Waals surface area (Å²) in [5, 5.41) is 8.55. The van der Waals surface area contributed by atoms with Crippen LogP contribution in [0, 0.1) is 0 Å². The first kappa shape index (κ1) is 12.2. The second-order valence-electron chi connectivity index (χ2n) is 3.62. The third-order valence-corrected chi connectivity index (χ3v) is 1.77. The Labute approximate surface area is 94.9 Å². The minimum Gasteiger partial charge on any atom is -0.372 e. The number of carbonyl (C=O) groups excluding carboxylic acids is 1. The monoisotopic (exact) mass is 223 g/mol. The van der Waals surface area contributed by atoms with E-state index in [1.54, 1.807) is 19.4 Å². The maximum Gasteiger partial charge on any atom is 0.239 e. The predicted octanol–water partition coefficient (Wildman–Crippen LogP) is 0.455. The lowest BCUT2D eigenvalue weighted by Crippen LogP contribution is -2.35. The summed E-state index contributed by atoms with van der Waals surface area (Å²) >= 11 is 0. The van der Waals surface area contributed by atoms with Crippen molar-refractivity contribution in [1.29, 1.82) is 0 Å². The van der Waals surface area contributed by atoms with Gasteiger partial charge in [0.25, 0.3) is 0 Å². The highest BCUT2D eigenvalue weighted by Crippen LogP contribution is 2.04. The normalized spacial score (nSPS) is 10.0. The van der Waals surface area contributed by atoms with E-state index in [-0.39, 0.29) is 18.5 Å². The fourth-order valence-electron chi connectivity index (χ4n) is 1.12. The summed E-state index contributed by atoms with van der Waals surface area (Å²) < 4.78 is 0. The summed E-state index contributed by atoms with van der Waals surface area (Å²) in [4.78, 5) is 19.5. The lowest BCUT2D eigenvalue weighted by atomic mass is 10.4. The van der Waals surface area contributed by atoms with E-state index >= 15 is 0 Å². The van der Waals surface area contributed by atoms with Crippen molar-refractivity contribution in [1.82, 2.24) is 15.3 Å². The Morgan fingerprint density at radius 3 is 2.69 bits per heavy atom. The summed E-state index contributed by atoms with van der Waals surface area (Å²) in [6.07, 6.45) is 3.18. The number of rotatable bonds is 5. The third-order valence-electron chi connectivity index (χ3n) is 1.77. The number of hydrogen-bond donors (Lipinski definition) is 3. The van der Waals surface area contributed by atoms with Gasteiger partial charge in [-0.1, -0.05) is 0 Å². The zero-order valence-corrected chi connectivity index (χ0v) is 9.74. The highest BCUT2D eigenvalue weighted by molar-refractivity contribution is 5.80. The molecule has 0 aromatic carbocycles. The number of nitrogens with zero attached hydrogens (tertiary/aromatic N) is 2. The molecular formula is C10H17N5O. The van der Waals surface area contributed by atoms with Gasteiger partial charge in [-0.2, -0.15) is 0 Å². The summed E-state index contributed by atoms with van der Waals surface area (Å²) in [5.41, 5.74) is 0. The molecule has 1 heterocycles. The Kier molecular flexibility index (Phi) is 4.50. The fraction of sp³-hybridized carbons (Fsp3) is 0.500. The van der Waals surface area contributed by atoms with Crippen LogP contribution in [0.25, 0.3) is 0 Å². The molecule has 88 valence electrons. The Morgan fingerprint density at radius 2 is 2.06 bits per heavy atom. The van der Waals surface area contributed by atoms with Crippen LogP contribution in [0.4, 0.5) is 11.6 Å². The van der Waals surface area contributed by atoms with Crippen molar-refractivity contribution in [2.75, 3.05) is 24.2 Å². The van der Waals surface area contributed by atoms with Crippen LogP contribution >= 0.6 is 0 Å². The van der Waals surface area contributed by atoms with Crippen molar-refractivity contribution in [2.45, 2.75) is 19.9 Å². The van der Waals surface area contributed by atoms with Gasteiger partial charge in [-0.15, -0.1) is 0 Å². The van der Waals surface area contributed by atoms with Crippen LogP contribution in [0.3, 0.4) is 0 Å². The zero-order chi connectivity index (χ0) is 12.0. The third kappa shape index (κ3) is 4.12. The summed E-state index contributed by atoms with van der Waals surface area (Å²) in [6.45, 7) is 4.03. The molecule has 6 nitrogen and oxygen atoms in total. The van der Waals surface area contributed by atoms with Gasteiger partial charge in [0, 0.05) is 13.1 Å². The first-order chi connectivity index (χ1) is 7.61. The van der Waals surface area contributed by atoms with E-state index in [2.05, 4.69) is 25.9 Å². The molecule has 0 bridgehead atoms. The zero-order valence-electron chi connectivity index (χ0n) is 9.74. The van der Waals surface area contributed by atoms with Gasteiger partial charge in [0.2, 0.25) is 5.91 Å². The van der Waals surface area contributed by atoms with Gasteiger partial charge in [0.05, 0.1) is 18.9 Å². The molecule has 1 rings (SSSR count). The molecule has 16 heavy (non-hydrogen) atoms. The molecule has 0 spiro atoms. The van der Waals surface area contributed by atoms with E-state index in [0.29, 0.717) is 11.6 Å². The highest BCUT2D eigenvalue weighted by atomic mass is 16.1. The molecule has 0 saturated carbocycles. The van der Waals surface area contributed by atoms with Gasteiger partial charge < -0.3 is 16.0 Å². The van der Waals surface area contributed by atoms with Crippen molar-refractivity contribution in [3.05, 3.63) is 12.4 Å². The number of amides is 1. The average molecular weight is 223 g/mol. The number of carbonyl (C=O) groups is 1. The van der Waals surface area contributed by atoms with Crippen molar-refractivity contribution in [3.63, 3.8) is 0 Å². The number of anilines is 2. The standard InChI is InChI=1S/C10H17N5O/c1-7(2)14-10(16)6-13-9-5-12-4-8(11-3)15-9/h4-5,7H,6H2,1-3H3,(H,14,16)(H2,11,13,15). The predicted molar refractivity (Wildman–Crippen MR) is 63.3 cm³/mol. The minimum absolute atomic E-state index is 0.0633. The van der Waals surface area contributed by atoms with Crippen LogP contribution < -0.4 is 16.0 Å². The van der Waals surface area contributed by atoms with Crippen LogP contribution in [0.15, 0.2) is 12.4 Å². The lowest BCUT2D eigenvalue weighted by molar-refractivity contribution is -0.119. The van der Waals surface area contributed by atoms with Gasteiger partial charge in [0.15, 0.2) is 0 Å². The van der Waals surface area contributed by atoms with Gasteiger partial charge in [-0.3, -0.25) is 9.78 Å². The summed E-state index contributed by atoms with van der Waals surface area (Å²) in [5.74, 6) is 1.17. The second kappa shape index (κ2) is 5.89. The largest absolute Gasteiger partial charge is 0.372 e. The van der Waals surface area contributed by atoms with Crippen molar-refractivity contribution in [2.24, 2.45) is 0 Å². The maximum absolute atomic E-state index is 11.3. The maximum atomic E-state index is 11.3. The van der Waals surface area contributed by atoms with Gasteiger partial charge in [0.1, 0.15) is 11.6 Å². The van der Waals surface area contributed by atoms with E-state index in [1.807, 2.05) is 13.8 Å². The molecule has 1 aromatic heterocycles. The quantitative estimate of drug-likeness (QED) is 0.675. The SMILES string of the molecule is CNc1cncc(NCC(=O)NC(C)C)n1. The molecule has 1 aromatic rings. The van der Waals surface area contributed by atoms with Gasteiger partial charge >= 0.3 is 0 Å². The van der Waals surface area contributed by atoms with E-state index in [9.17, 15) is 4.79 Å². The van der Waals surface area contributed by atoms with Crippen LogP contribution in [0.1, 0.15) is 13.8 Å². The van der Waals surface area contributed by atoms with E-state index in [4.69, 9.17) is 0 Å². The van der Waals surface area contributed by atoms with E-state index in [1.165, 1.54) is 0 Å². The summed E-state index contributed by atoms with van der Waals surface area (Å²) in [7, 11) is 1.76. The van der Waals surface area contributed by atoms with Crippen LogP contribution in [0.2, 0.25) is 0 Å². The van der Waals surface area contributed by atoms with E-state index in [0.717, 1.165) is 0 Å². The molecule has 0 fully saturated rings. The Hall–Kier alpha value is -1.85. The molecule has 6 heteroatoms. The first-order valence-corrected chi connectivity index (χ1v) is 5.15. The number of hydrogen-bond acceptors (Lipinski definition) is 5. The molecule has 3 N–H and O–H groups in total. The smallest absolute Gasteiger partial charge is 0.239 e. The Morgan fingerprint density at radius 1 is 1.38 bits per heavy atom. The molecule has 0 radical (unpaired) electrons. The fourth-order valence-corrected chi connectivity index (χ4v) is 1.12. The number of nitrogens with one attached hydrogen (secondary N) is 3. The molecule has 0 saturated heterocycles. The topological polar surface area (TPSA) is 78.9 Å². The summed E-state index contributed by atoms with van der Waals surface area (Å²) in [6, 6.07) is 0.143. The second-order valence-corrected chi connectivity index (χ2v) is 3.62. The Balaban J connectivity index is 2.45. The molecule has 0 atom stereocenters. The van der Waals surface area contributed by atoms with Gasteiger partial charge in [-0.25, -0.2) is 4.98 Å². The van der Waals surface area contributed by atoms with Crippen molar-refractivity contribution >= 4 is 17.5 Å². The first-order valence-electron chi connectivity index (χ1n) is 5.15. The molecule has 0 aliphatic rings. The average Bonchev–Trinajstić information content (AvgIpc) is 2.26. The molecule has 0 aliphatic carbocycles. The number of aromatic nitrogens is 2. The molecular weight excluding hydrogens is 206 g/mol. The van der Waals surface area contributed by atoms with Crippen molar-refractivity contribution < 1.29 is 4.79 Å². The minimum atomic E-state index is -0.0633. The molecule has 0 aliphatic heterocycles. The highest BCUT2D eigenvalue weighted by Gasteiger charge is 2.03. The van der Waals surface area contributed by atoms with Crippen LogP contribution in [-0.2, 0) is 4.79 Å².